The molecule has 0 aromatic heterocycles. The lowest BCUT2D eigenvalue weighted by Crippen LogP contribution is -2.20. The monoisotopic (exact) mass is 715 g/mol. The lowest BCUT2D eigenvalue weighted by molar-refractivity contribution is 0.423. The number of nitrogens with zero attached hydrogens (tertiary/aromatic N) is 1. The molecule has 1 atom stereocenters. The minimum absolute atomic E-state index is 0.155. The van der Waals surface area contributed by atoms with E-state index < -0.39 is 0 Å². The molecule has 1 unspecified atom stereocenters. The van der Waals surface area contributed by atoms with E-state index in [1.807, 2.05) is 0 Å². The summed E-state index contributed by atoms with van der Waals surface area (Å²) in [7, 11) is 0. The molecule has 0 N–H and O–H groups in total. The maximum absolute atomic E-state index is 6.48. The first-order valence-electron chi connectivity index (χ1n) is 19.4. The molecule has 0 radical (unpaired) electrons. The summed E-state index contributed by atoms with van der Waals surface area (Å²) in [6.07, 6.45) is 5.26. The molecule has 1 aliphatic heterocycles. The second-order valence-corrected chi connectivity index (χ2v) is 14.9. The zero-order chi connectivity index (χ0) is 37.0. The summed E-state index contributed by atoms with van der Waals surface area (Å²) in [4.78, 5) is 2.43. The van der Waals surface area contributed by atoms with Crippen LogP contribution in [0, 0.1) is 0 Å². The summed E-state index contributed by atoms with van der Waals surface area (Å²) in [6, 6.07) is 70.5. The molecule has 1 heterocycles. The Morgan fingerprint density at radius 3 is 1.82 bits per heavy atom. The third-order valence-electron chi connectivity index (χ3n) is 11.6. The Morgan fingerprint density at radius 1 is 0.411 bits per heavy atom. The molecule has 2 aliphatic rings. The van der Waals surface area contributed by atoms with E-state index in [4.69, 9.17) is 4.74 Å². The summed E-state index contributed by atoms with van der Waals surface area (Å²) in [5.74, 6) is 2.14. The summed E-state index contributed by atoms with van der Waals surface area (Å²) in [5.41, 5.74) is 12.0. The molecular formula is C54H37NO. The quantitative estimate of drug-likeness (QED) is 0.159. The molecule has 0 spiro atoms. The first-order valence-corrected chi connectivity index (χ1v) is 19.4. The van der Waals surface area contributed by atoms with Crippen molar-refractivity contribution in [3.05, 3.63) is 223 Å². The predicted molar refractivity (Wildman–Crippen MR) is 234 cm³/mol. The van der Waals surface area contributed by atoms with Gasteiger partial charge in [0.15, 0.2) is 0 Å². The van der Waals surface area contributed by atoms with Gasteiger partial charge in [-0.05, 0) is 120 Å². The van der Waals surface area contributed by atoms with E-state index in [0.717, 1.165) is 29.3 Å². The van der Waals surface area contributed by atoms with Crippen LogP contribution in [0.3, 0.4) is 0 Å². The average molecular weight is 716 g/mol. The predicted octanol–water partition coefficient (Wildman–Crippen LogP) is 14.6. The first kappa shape index (κ1) is 32.3. The largest absolute Gasteiger partial charge is 0.461 e. The van der Waals surface area contributed by atoms with Crippen molar-refractivity contribution >= 4 is 43.7 Å². The van der Waals surface area contributed by atoms with Crippen molar-refractivity contribution in [2.24, 2.45) is 0 Å². The molecule has 9 aromatic carbocycles. The molecule has 56 heavy (non-hydrogen) atoms. The maximum atomic E-state index is 6.48. The molecule has 264 valence electrons. The minimum Gasteiger partial charge on any atom is -0.461 e. The lowest BCUT2D eigenvalue weighted by Gasteiger charge is -2.31. The van der Waals surface area contributed by atoms with Crippen LogP contribution in [0.15, 0.2) is 218 Å². The van der Waals surface area contributed by atoms with E-state index in [9.17, 15) is 0 Å². The molecule has 2 nitrogen and oxygen atoms in total. The van der Waals surface area contributed by atoms with Gasteiger partial charge in [0.25, 0.3) is 0 Å². The fourth-order valence-electron chi connectivity index (χ4n) is 8.81. The summed E-state index contributed by atoms with van der Waals surface area (Å²) >= 11 is 0. The number of fused-ring (bicyclic) bond motifs is 7. The van der Waals surface area contributed by atoms with Gasteiger partial charge in [-0.25, -0.2) is 0 Å². The van der Waals surface area contributed by atoms with Crippen LogP contribution in [-0.2, 0) is 0 Å². The number of hydrogen-bond acceptors (Lipinski definition) is 2. The van der Waals surface area contributed by atoms with Crippen LogP contribution in [0.4, 0.5) is 11.4 Å². The van der Waals surface area contributed by atoms with Gasteiger partial charge < -0.3 is 9.64 Å². The Morgan fingerprint density at radius 2 is 1.02 bits per heavy atom. The van der Waals surface area contributed by atoms with Gasteiger partial charge in [0.05, 0.1) is 5.92 Å². The number of anilines is 2. The van der Waals surface area contributed by atoms with Crippen molar-refractivity contribution in [1.82, 2.24) is 0 Å². The molecule has 0 amide bonds. The molecule has 0 bridgehead atoms. The van der Waals surface area contributed by atoms with Crippen molar-refractivity contribution in [1.29, 1.82) is 0 Å². The van der Waals surface area contributed by atoms with Gasteiger partial charge in [0.1, 0.15) is 11.5 Å². The smallest absolute Gasteiger partial charge is 0.131 e. The van der Waals surface area contributed by atoms with E-state index in [1.54, 1.807) is 0 Å². The number of benzene rings is 9. The summed E-state index contributed by atoms with van der Waals surface area (Å²) in [5, 5.41) is 7.56. The number of ether oxygens (including phenoxy) is 1. The van der Waals surface area contributed by atoms with Gasteiger partial charge in [-0.2, -0.15) is 0 Å². The lowest BCUT2D eigenvalue weighted by atomic mass is 9.88. The molecule has 0 saturated heterocycles. The van der Waals surface area contributed by atoms with Crippen LogP contribution in [0.5, 0.6) is 5.75 Å². The first-order chi connectivity index (χ1) is 27.7. The molecule has 11 rings (SSSR count). The van der Waals surface area contributed by atoms with Crippen LogP contribution in [0.25, 0.3) is 65.7 Å². The second-order valence-electron chi connectivity index (χ2n) is 14.9. The zero-order valence-electron chi connectivity index (χ0n) is 30.8. The van der Waals surface area contributed by atoms with Crippen molar-refractivity contribution < 1.29 is 4.74 Å². The van der Waals surface area contributed by atoms with Gasteiger partial charge in [0, 0.05) is 29.1 Å². The SMILES string of the molecule is C1=C2Oc3cc4ccccc4cc3C2CC(N(c2ccc(-c3ccccc3)cc2)c2cccc(-c3ccc(-c4cc5ccccc5c5ccccc45)cc3)c2)=C1. The Bertz CT molecular complexity index is 3010. The Labute approximate surface area is 326 Å². The third-order valence-corrected chi connectivity index (χ3v) is 11.6. The standard InChI is InChI=1S/C54H37NO/c1-2-11-36(12-3-1)37-25-27-44(28-26-37)55(46-29-30-53-52(35-46)51-32-41-13-4-5-14-42(41)34-54(51)56-53)45-17-10-16-40(31-45)38-21-23-39(24-22-38)50-33-43-15-6-7-18-47(43)48-19-8-9-20-49(48)50/h1-34,52H,35H2. The number of rotatable bonds is 6. The van der Waals surface area contributed by atoms with Crippen LogP contribution >= 0.6 is 0 Å². The highest BCUT2D eigenvalue weighted by atomic mass is 16.5. The van der Waals surface area contributed by atoms with Gasteiger partial charge in [-0.1, -0.05) is 152 Å². The molecule has 0 saturated carbocycles. The normalized spacial score (nSPS) is 14.5. The fraction of sp³-hybridized carbons (Fsp3) is 0.0370. The molecular weight excluding hydrogens is 679 g/mol. The van der Waals surface area contributed by atoms with E-state index in [2.05, 4.69) is 211 Å². The van der Waals surface area contributed by atoms with Crippen LogP contribution in [-0.4, -0.2) is 0 Å². The van der Waals surface area contributed by atoms with Crippen molar-refractivity contribution in [3.8, 4) is 39.1 Å². The topological polar surface area (TPSA) is 12.5 Å². The molecule has 9 aromatic rings. The Hall–Kier alpha value is -7.16. The van der Waals surface area contributed by atoms with Crippen LogP contribution in [0.2, 0.25) is 0 Å². The fourth-order valence-corrected chi connectivity index (χ4v) is 8.81. The Kier molecular flexibility index (Phi) is 7.67. The highest BCUT2D eigenvalue weighted by Gasteiger charge is 2.34. The highest BCUT2D eigenvalue weighted by Crippen LogP contribution is 2.49. The van der Waals surface area contributed by atoms with E-state index in [1.165, 1.54) is 77.0 Å². The zero-order valence-corrected chi connectivity index (χ0v) is 30.8. The second kappa shape index (κ2) is 13.3. The van der Waals surface area contributed by atoms with Crippen molar-refractivity contribution in [3.63, 3.8) is 0 Å². The van der Waals surface area contributed by atoms with Gasteiger partial charge in [0.2, 0.25) is 0 Å². The van der Waals surface area contributed by atoms with Crippen molar-refractivity contribution in [2.75, 3.05) is 4.90 Å². The van der Waals surface area contributed by atoms with E-state index in [0.29, 0.717) is 0 Å². The van der Waals surface area contributed by atoms with E-state index >= 15 is 0 Å². The van der Waals surface area contributed by atoms with Crippen LogP contribution in [0.1, 0.15) is 17.9 Å². The molecule has 1 aliphatic carbocycles. The van der Waals surface area contributed by atoms with Crippen molar-refractivity contribution in [2.45, 2.75) is 12.3 Å². The van der Waals surface area contributed by atoms with Gasteiger partial charge in [-0.15, -0.1) is 0 Å². The number of hydrogen-bond donors (Lipinski definition) is 0. The average Bonchev–Trinajstić information content (AvgIpc) is 3.62. The molecule has 0 fully saturated rings. The minimum atomic E-state index is 0.155. The number of allylic oxidation sites excluding steroid dienone is 4. The summed E-state index contributed by atoms with van der Waals surface area (Å²) in [6.45, 7) is 0. The summed E-state index contributed by atoms with van der Waals surface area (Å²) < 4.78 is 6.48. The third kappa shape index (κ3) is 5.58. The van der Waals surface area contributed by atoms with Crippen LogP contribution < -0.4 is 9.64 Å². The Balaban J connectivity index is 0.971. The highest BCUT2D eigenvalue weighted by molar-refractivity contribution is 6.13. The maximum Gasteiger partial charge on any atom is 0.131 e. The van der Waals surface area contributed by atoms with Gasteiger partial charge >= 0.3 is 0 Å². The van der Waals surface area contributed by atoms with E-state index in [-0.39, 0.29) is 5.92 Å². The van der Waals surface area contributed by atoms with Gasteiger partial charge in [-0.3, -0.25) is 0 Å². The molecule has 2 heteroatoms.